The van der Waals surface area contributed by atoms with Crippen molar-refractivity contribution in [2.24, 2.45) is 0 Å². The van der Waals surface area contributed by atoms with Crippen LogP contribution in [0.25, 0.3) is 55.3 Å². The van der Waals surface area contributed by atoms with Gasteiger partial charge in [-0.2, -0.15) is 0 Å². The van der Waals surface area contributed by atoms with Crippen LogP contribution >= 0.6 is 0 Å². The van der Waals surface area contributed by atoms with E-state index in [4.69, 9.17) is 4.42 Å². The van der Waals surface area contributed by atoms with E-state index in [9.17, 15) is 0 Å². The molecule has 0 aliphatic heterocycles. The van der Waals surface area contributed by atoms with Crippen molar-refractivity contribution in [2.75, 3.05) is 4.90 Å². The normalized spacial score (nSPS) is 13.1. The average molecular weight is 604 g/mol. The minimum atomic E-state index is -0.146. The van der Waals surface area contributed by atoms with Crippen molar-refractivity contribution in [3.63, 3.8) is 0 Å². The molecule has 2 heteroatoms. The summed E-state index contributed by atoms with van der Waals surface area (Å²) in [4.78, 5) is 2.37. The van der Waals surface area contributed by atoms with E-state index in [2.05, 4.69) is 170 Å². The summed E-state index contributed by atoms with van der Waals surface area (Å²) in [5.41, 5.74) is 15.1. The summed E-state index contributed by atoms with van der Waals surface area (Å²) in [6, 6.07) is 58.8. The zero-order chi connectivity index (χ0) is 31.5. The fourth-order valence-electron chi connectivity index (χ4n) is 7.49. The molecule has 0 atom stereocenters. The van der Waals surface area contributed by atoms with Crippen LogP contribution in [0.1, 0.15) is 25.0 Å². The van der Waals surface area contributed by atoms with Crippen LogP contribution in [0.3, 0.4) is 0 Å². The van der Waals surface area contributed by atoms with Crippen molar-refractivity contribution >= 4 is 39.0 Å². The lowest BCUT2D eigenvalue weighted by atomic mass is 9.81. The minimum Gasteiger partial charge on any atom is -0.455 e. The van der Waals surface area contributed by atoms with Crippen molar-refractivity contribution in [1.82, 2.24) is 0 Å². The van der Waals surface area contributed by atoms with E-state index in [1.165, 1.54) is 33.4 Å². The predicted octanol–water partition coefficient (Wildman–Crippen LogP) is 12.7. The summed E-state index contributed by atoms with van der Waals surface area (Å²) in [5, 5.41) is 2.28. The molecule has 0 fully saturated rings. The van der Waals surface area contributed by atoms with Gasteiger partial charge in [-0.1, -0.05) is 129 Å². The highest BCUT2D eigenvalue weighted by Crippen LogP contribution is 2.51. The van der Waals surface area contributed by atoms with Crippen LogP contribution in [0.2, 0.25) is 0 Å². The molecule has 8 aromatic rings. The van der Waals surface area contributed by atoms with Gasteiger partial charge in [0.1, 0.15) is 11.2 Å². The van der Waals surface area contributed by atoms with Crippen molar-refractivity contribution < 1.29 is 4.42 Å². The second kappa shape index (κ2) is 10.6. The molecule has 1 aromatic heterocycles. The second-order valence-corrected chi connectivity index (χ2v) is 13.0. The summed E-state index contributed by atoms with van der Waals surface area (Å²) in [6.07, 6.45) is 0. The van der Waals surface area contributed by atoms with Crippen LogP contribution in [-0.2, 0) is 5.41 Å². The second-order valence-electron chi connectivity index (χ2n) is 13.0. The highest BCUT2D eigenvalue weighted by molar-refractivity contribution is 6.09. The Morgan fingerprint density at radius 1 is 0.426 bits per heavy atom. The molecular formula is C45H33NO. The fourth-order valence-corrected chi connectivity index (χ4v) is 7.49. The molecule has 1 heterocycles. The SMILES string of the molecule is CC1(C)c2cc(-c3ccccc3)ccc2-c2ccc(N(c3ccccc3)c3cccc(-c4cccc5c4oc4ccccc45)c3)cc21. The first-order valence-electron chi connectivity index (χ1n) is 16.3. The van der Waals surface area contributed by atoms with Crippen LogP contribution in [0.4, 0.5) is 17.1 Å². The Hall–Kier alpha value is -5.86. The van der Waals surface area contributed by atoms with Gasteiger partial charge in [-0.05, 0) is 87.5 Å². The number of fused-ring (bicyclic) bond motifs is 6. The lowest BCUT2D eigenvalue weighted by molar-refractivity contribution is 0.660. The monoisotopic (exact) mass is 603 g/mol. The number of rotatable bonds is 5. The fraction of sp³-hybridized carbons (Fsp3) is 0.0667. The molecular weight excluding hydrogens is 571 g/mol. The topological polar surface area (TPSA) is 16.4 Å². The van der Waals surface area contributed by atoms with E-state index in [1.54, 1.807) is 0 Å². The molecule has 1 aliphatic carbocycles. The van der Waals surface area contributed by atoms with Crippen molar-refractivity contribution in [2.45, 2.75) is 19.3 Å². The third-order valence-electron chi connectivity index (χ3n) is 9.86. The number of furan rings is 1. The molecule has 0 radical (unpaired) electrons. The van der Waals surface area contributed by atoms with Gasteiger partial charge in [0.15, 0.2) is 0 Å². The lowest BCUT2D eigenvalue weighted by Crippen LogP contribution is -2.16. The molecule has 224 valence electrons. The first-order chi connectivity index (χ1) is 23.1. The van der Waals surface area contributed by atoms with E-state index >= 15 is 0 Å². The van der Waals surface area contributed by atoms with Crippen LogP contribution in [-0.4, -0.2) is 0 Å². The Morgan fingerprint density at radius 3 is 1.87 bits per heavy atom. The highest BCUT2D eigenvalue weighted by Gasteiger charge is 2.36. The van der Waals surface area contributed by atoms with Crippen LogP contribution in [0.15, 0.2) is 168 Å². The number of hydrogen-bond acceptors (Lipinski definition) is 2. The minimum absolute atomic E-state index is 0.146. The largest absolute Gasteiger partial charge is 0.455 e. The van der Waals surface area contributed by atoms with E-state index in [0.29, 0.717) is 0 Å². The van der Waals surface area contributed by atoms with Crippen LogP contribution in [0, 0.1) is 0 Å². The average Bonchev–Trinajstić information content (AvgIpc) is 3.61. The molecule has 0 unspecified atom stereocenters. The Balaban J connectivity index is 1.17. The molecule has 0 amide bonds. The zero-order valence-corrected chi connectivity index (χ0v) is 26.4. The number of nitrogens with zero attached hydrogens (tertiary/aromatic N) is 1. The van der Waals surface area contributed by atoms with Gasteiger partial charge in [0.2, 0.25) is 0 Å². The van der Waals surface area contributed by atoms with Gasteiger partial charge in [0, 0.05) is 38.8 Å². The molecule has 9 rings (SSSR count). The molecule has 2 nitrogen and oxygen atoms in total. The Morgan fingerprint density at radius 2 is 1.04 bits per heavy atom. The molecule has 0 saturated heterocycles. The molecule has 0 spiro atoms. The third kappa shape index (κ3) is 4.40. The van der Waals surface area contributed by atoms with E-state index in [0.717, 1.165) is 50.1 Å². The lowest BCUT2D eigenvalue weighted by Gasteiger charge is -2.28. The number of para-hydroxylation sites is 3. The van der Waals surface area contributed by atoms with E-state index in [1.807, 2.05) is 12.1 Å². The van der Waals surface area contributed by atoms with Gasteiger partial charge in [-0.15, -0.1) is 0 Å². The maximum absolute atomic E-state index is 6.43. The first kappa shape index (κ1) is 27.5. The Kier molecular flexibility index (Phi) is 6.20. The summed E-state index contributed by atoms with van der Waals surface area (Å²) in [7, 11) is 0. The van der Waals surface area contributed by atoms with E-state index in [-0.39, 0.29) is 5.41 Å². The molecule has 47 heavy (non-hydrogen) atoms. The van der Waals surface area contributed by atoms with Crippen molar-refractivity contribution in [3.05, 3.63) is 175 Å². The zero-order valence-electron chi connectivity index (χ0n) is 26.4. The summed E-state index contributed by atoms with van der Waals surface area (Å²) < 4.78 is 6.43. The smallest absolute Gasteiger partial charge is 0.143 e. The van der Waals surface area contributed by atoms with Gasteiger partial charge < -0.3 is 9.32 Å². The summed E-state index contributed by atoms with van der Waals surface area (Å²) in [5.74, 6) is 0. The molecule has 0 N–H and O–H groups in total. The molecule has 0 bridgehead atoms. The van der Waals surface area contributed by atoms with Crippen LogP contribution < -0.4 is 4.90 Å². The van der Waals surface area contributed by atoms with Gasteiger partial charge in [-0.3, -0.25) is 0 Å². The first-order valence-corrected chi connectivity index (χ1v) is 16.3. The van der Waals surface area contributed by atoms with Gasteiger partial charge in [0.05, 0.1) is 0 Å². The van der Waals surface area contributed by atoms with Gasteiger partial charge >= 0.3 is 0 Å². The molecule has 0 saturated carbocycles. The Bertz CT molecular complexity index is 2440. The van der Waals surface area contributed by atoms with Crippen molar-refractivity contribution in [1.29, 1.82) is 0 Å². The highest BCUT2D eigenvalue weighted by atomic mass is 16.3. The Labute approximate surface area is 275 Å². The third-order valence-corrected chi connectivity index (χ3v) is 9.86. The number of hydrogen-bond donors (Lipinski definition) is 0. The number of benzene rings is 7. The summed E-state index contributed by atoms with van der Waals surface area (Å²) in [6.45, 7) is 4.72. The number of anilines is 3. The molecule has 1 aliphatic rings. The van der Waals surface area contributed by atoms with Crippen LogP contribution in [0.5, 0.6) is 0 Å². The maximum atomic E-state index is 6.43. The molecule has 7 aromatic carbocycles. The van der Waals surface area contributed by atoms with Gasteiger partial charge in [-0.25, -0.2) is 0 Å². The maximum Gasteiger partial charge on any atom is 0.143 e. The van der Waals surface area contributed by atoms with Crippen molar-refractivity contribution in [3.8, 4) is 33.4 Å². The standard InChI is InChI=1S/C45H33NO/c1-45(2)41-28-31(30-13-5-3-6-14-30)23-25-37(41)38-26-24-35(29-42(38)45)46(33-16-7-4-8-17-33)34-18-11-15-32(27-34)36-20-12-21-40-39-19-9-10-22-43(39)47-44(36)40/h3-29H,1-2H3. The predicted molar refractivity (Wildman–Crippen MR) is 197 cm³/mol. The summed E-state index contributed by atoms with van der Waals surface area (Å²) >= 11 is 0. The van der Waals surface area contributed by atoms with Gasteiger partial charge in [0.25, 0.3) is 0 Å². The quantitative estimate of drug-likeness (QED) is 0.195. The van der Waals surface area contributed by atoms with E-state index < -0.39 is 0 Å².